The van der Waals surface area contributed by atoms with E-state index < -0.39 is 5.97 Å². The summed E-state index contributed by atoms with van der Waals surface area (Å²) >= 11 is 0. The molecule has 0 aliphatic carbocycles. The van der Waals surface area contributed by atoms with Crippen LogP contribution in [0.1, 0.15) is 10.5 Å². The predicted octanol–water partition coefficient (Wildman–Crippen LogP) is -3.67. The van der Waals surface area contributed by atoms with Crippen LogP contribution in [-0.4, -0.2) is 32.0 Å². The average Bonchev–Trinajstić information content (AvgIpc) is 2.12. The number of rotatable bonds is 1. The summed E-state index contributed by atoms with van der Waals surface area (Å²) in [7, 11) is 0. The first-order valence-corrected chi connectivity index (χ1v) is 1.90. The monoisotopic (exact) mass is 137 g/mol. The Morgan fingerprint density at radius 3 is 2.50 bits per heavy atom. The molecule has 6 nitrogen and oxygen atoms in total. The van der Waals surface area contributed by atoms with Crippen molar-refractivity contribution in [3.63, 3.8) is 0 Å². The van der Waals surface area contributed by atoms with Gasteiger partial charge in [0.15, 0.2) is 5.69 Å². The summed E-state index contributed by atoms with van der Waals surface area (Å²) in [5.74, 6) is -1.07. The molecule has 0 fully saturated rings. The van der Waals surface area contributed by atoms with Crippen molar-refractivity contribution in [2.24, 2.45) is 0 Å². The number of carbonyl (C=O) groups is 1. The number of carboxylic acid groups (broad SMARTS) is 1. The molecule has 0 bridgehead atoms. The molecule has 1 rings (SSSR count). The Balaban J connectivity index is 0. The average molecular weight is 137 g/mol. The van der Waals surface area contributed by atoms with E-state index in [9.17, 15) is 4.79 Å². The first-order valence-electron chi connectivity index (χ1n) is 1.90. The van der Waals surface area contributed by atoms with Gasteiger partial charge in [0.25, 0.3) is 0 Å². The molecule has 0 aliphatic rings. The maximum Gasteiger partial charge on any atom is 1.00 e. The summed E-state index contributed by atoms with van der Waals surface area (Å²) in [4.78, 5) is 9.94. The molecule has 10 heavy (non-hydrogen) atoms. The van der Waals surface area contributed by atoms with Crippen LogP contribution in [0.15, 0.2) is 6.20 Å². The van der Waals surface area contributed by atoms with E-state index in [0.717, 1.165) is 0 Å². The molecular formula is C3H4LiN3O3. The minimum atomic E-state index is -1.07. The molecule has 0 saturated carbocycles. The van der Waals surface area contributed by atoms with Crippen LogP contribution in [0, 0.1) is 0 Å². The normalized spacial score (nSPS) is 7.20. The summed E-state index contributed by atoms with van der Waals surface area (Å²) in [5.41, 5.74) is -0.0648. The van der Waals surface area contributed by atoms with Crippen molar-refractivity contribution in [1.82, 2.24) is 15.4 Å². The maximum absolute atomic E-state index is 9.94. The zero-order chi connectivity index (χ0) is 5.98. The number of hydrogen-bond donors (Lipinski definition) is 2. The van der Waals surface area contributed by atoms with Crippen molar-refractivity contribution in [1.29, 1.82) is 0 Å². The van der Waals surface area contributed by atoms with Crippen LogP contribution in [0.5, 0.6) is 0 Å². The number of carboxylic acids is 1. The van der Waals surface area contributed by atoms with Gasteiger partial charge < -0.3 is 10.6 Å². The van der Waals surface area contributed by atoms with Gasteiger partial charge in [-0.25, -0.2) is 4.79 Å². The minimum absolute atomic E-state index is 0. The van der Waals surface area contributed by atoms with E-state index in [2.05, 4.69) is 15.4 Å². The maximum atomic E-state index is 9.94. The van der Waals surface area contributed by atoms with E-state index in [1.807, 2.05) is 0 Å². The molecule has 0 aromatic carbocycles. The largest absolute Gasteiger partial charge is 1.00 e. The molecule has 0 atom stereocenters. The van der Waals surface area contributed by atoms with Gasteiger partial charge in [0.05, 0.1) is 6.20 Å². The van der Waals surface area contributed by atoms with E-state index >= 15 is 0 Å². The number of hydrogen-bond acceptors (Lipinski definition) is 4. The molecule has 1 aromatic rings. The standard InChI is InChI=1S/C3H3N3O2.Li.H2O/c7-3(8)2-1-4-6-5-2;;/h1H,(H,7,8)(H,4,5,6);;1H2/q;+1;/p-1. The molecule has 0 aliphatic heterocycles. The number of aromatic carboxylic acids is 1. The number of H-pyrrole nitrogens is 1. The van der Waals surface area contributed by atoms with E-state index in [1.54, 1.807) is 0 Å². The Hall–Kier alpha value is -0.833. The fourth-order valence-electron chi connectivity index (χ4n) is 0.306. The van der Waals surface area contributed by atoms with Gasteiger partial charge in [-0.15, -0.1) is 5.10 Å². The molecule has 0 saturated heterocycles. The van der Waals surface area contributed by atoms with Gasteiger partial charge in [-0.05, 0) is 0 Å². The van der Waals surface area contributed by atoms with Gasteiger partial charge in [0.1, 0.15) is 0 Å². The van der Waals surface area contributed by atoms with E-state index in [1.165, 1.54) is 6.20 Å². The fraction of sp³-hybridized carbons (Fsp3) is 0. The van der Waals surface area contributed by atoms with Crippen molar-refractivity contribution in [3.8, 4) is 0 Å². The third-order valence-electron chi connectivity index (χ3n) is 0.636. The van der Waals surface area contributed by atoms with E-state index in [-0.39, 0.29) is 30.0 Å². The van der Waals surface area contributed by atoms with Crippen LogP contribution >= 0.6 is 0 Å². The summed E-state index contributed by atoms with van der Waals surface area (Å²) in [6.45, 7) is 0. The van der Waals surface area contributed by atoms with Crippen molar-refractivity contribution in [3.05, 3.63) is 11.9 Å². The number of aromatic nitrogens is 3. The molecule has 3 N–H and O–H groups in total. The first kappa shape index (κ1) is 11.9. The van der Waals surface area contributed by atoms with Crippen LogP contribution in [0.3, 0.4) is 0 Å². The fourth-order valence-corrected chi connectivity index (χ4v) is 0.306. The number of nitrogens with one attached hydrogen (secondary N) is 1. The minimum Gasteiger partial charge on any atom is -0.870 e. The van der Waals surface area contributed by atoms with Crippen molar-refractivity contribution < 1.29 is 34.2 Å². The number of aromatic amines is 1. The second-order valence-electron chi connectivity index (χ2n) is 1.16. The zero-order valence-electron chi connectivity index (χ0n) is 5.27. The Labute approximate surface area is 68.1 Å². The number of nitrogens with zero attached hydrogens (tertiary/aromatic N) is 2. The van der Waals surface area contributed by atoms with Gasteiger partial charge in [0, 0.05) is 0 Å². The Kier molecular flexibility index (Phi) is 5.94. The summed E-state index contributed by atoms with van der Waals surface area (Å²) in [5, 5.41) is 16.8. The third-order valence-corrected chi connectivity index (χ3v) is 0.636. The van der Waals surface area contributed by atoms with Crippen molar-refractivity contribution >= 4 is 5.97 Å². The Bertz CT molecular complexity index is 187. The van der Waals surface area contributed by atoms with Crippen LogP contribution in [0.25, 0.3) is 0 Å². The van der Waals surface area contributed by atoms with Gasteiger partial charge in [-0.2, -0.15) is 0 Å². The molecule has 1 heterocycles. The van der Waals surface area contributed by atoms with Gasteiger partial charge >= 0.3 is 24.8 Å². The van der Waals surface area contributed by atoms with Crippen LogP contribution in [-0.2, 0) is 0 Å². The molecule has 50 valence electrons. The summed E-state index contributed by atoms with van der Waals surface area (Å²) < 4.78 is 0. The van der Waals surface area contributed by atoms with Gasteiger partial charge in [-0.1, -0.05) is 5.21 Å². The second-order valence-corrected chi connectivity index (χ2v) is 1.16. The summed E-state index contributed by atoms with van der Waals surface area (Å²) in [6.07, 6.45) is 1.21. The van der Waals surface area contributed by atoms with Crippen molar-refractivity contribution in [2.45, 2.75) is 0 Å². The topological polar surface area (TPSA) is 109 Å². The SMILES string of the molecule is O=C(O)c1c[nH]nn1.[Li+].[OH-]. The molecule has 0 amide bonds. The van der Waals surface area contributed by atoms with E-state index in [0.29, 0.717) is 0 Å². The molecule has 0 radical (unpaired) electrons. The molecular weight excluding hydrogens is 133 g/mol. The molecule has 7 heteroatoms. The van der Waals surface area contributed by atoms with E-state index in [4.69, 9.17) is 5.11 Å². The Morgan fingerprint density at radius 2 is 2.30 bits per heavy atom. The molecule has 0 unspecified atom stereocenters. The van der Waals surface area contributed by atoms with Crippen LogP contribution in [0.2, 0.25) is 0 Å². The van der Waals surface area contributed by atoms with Gasteiger partial charge in [-0.3, -0.25) is 5.10 Å². The van der Waals surface area contributed by atoms with Crippen LogP contribution < -0.4 is 18.9 Å². The predicted molar refractivity (Wildman–Crippen MR) is 25.3 cm³/mol. The van der Waals surface area contributed by atoms with Crippen LogP contribution in [0.4, 0.5) is 0 Å². The smallest absolute Gasteiger partial charge is 0.870 e. The van der Waals surface area contributed by atoms with Crippen molar-refractivity contribution in [2.75, 3.05) is 0 Å². The molecule has 0 spiro atoms. The Morgan fingerprint density at radius 1 is 1.70 bits per heavy atom. The third kappa shape index (κ3) is 2.64. The second kappa shape index (κ2) is 4.99. The van der Waals surface area contributed by atoms with Gasteiger partial charge in [0.2, 0.25) is 0 Å². The summed E-state index contributed by atoms with van der Waals surface area (Å²) in [6, 6.07) is 0. The molecule has 1 aromatic heterocycles. The zero-order valence-corrected chi connectivity index (χ0v) is 5.27. The first-order chi connectivity index (χ1) is 3.80. The quantitative estimate of drug-likeness (QED) is 0.387.